The van der Waals surface area contributed by atoms with Gasteiger partial charge in [-0.3, -0.25) is 0 Å². The van der Waals surface area contributed by atoms with Gasteiger partial charge in [-0.1, -0.05) is 42.5 Å². The molecule has 0 amide bonds. The molecular formula is C17H19FO3. The zero-order valence-electron chi connectivity index (χ0n) is 12.1. The van der Waals surface area contributed by atoms with Crippen LogP contribution in [-0.2, 0) is 11.2 Å². The minimum absolute atomic E-state index is 0.149. The first kappa shape index (κ1) is 15.5. The van der Waals surface area contributed by atoms with Crippen molar-refractivity contribution in [1.82, 2.24) is 0 Å². The standard InChI is InChI=1S/C17H19FO3/c1-20-15-10-6-9-13(16(15)18)11-14(19)17(21-2)12-7-4-3-5-8-12/h3-10,14,17,19H,11H2,1-2H3. The van der Waals surface area contributed by atoms with Crippen molar-refractivity contribution in [3.63, 3.8) is 0 Å². The molecule has 2 unspecified atom stereocenters. The van der Waals surface area contributed by atoms with Gasteiger partial charge in [0.15, 0.2) is 11.6 Å². The van der Waals surface area contributed by atoms with Crippen LogP contribution in [0, 0.1) is 5.82 Å². The number of hydrogen-bond donors (Lipinski definition) is 1. The van der Waals surface area contributed by atoms with Crippen molar-refractivity contribution in [2.45, 2.75) is 18.6 Å². The van der Waals surface area contributed by atoms with E-state index in [2.05, 4.69) is 0 Å². The highest BCUT2D eigenvalue weighted by Crippen LogP contribution is 2.26. The molecule has 4 heteroatoms. The third-order valence-electron chi connectivity index (χ3n) is 3.42. The number of methoxy groups -OCH3 is 2. The molecule has 0 saturated carbocycles. The van der Waals surface area contributed by atoms with E-state index in [4.69, 9.17) is 9.47 Å². The molecule has 2 aromatic rings. The largest absolute Gasteiger partial charge is 0.494 e. The van der Waals surface area contributed by atoms with E-state index in [1.165, 1.54) is 14.2 Å². The first-order valence-corrected chi connectivity index (χ1v) is 6.74. The SMILES string of the molecule is COc1cccc(CC(O)C(OC)c2ccccc2)c1F. The van der Waals surface area contributed by atoms with Gasteiger partial charge in [-0.2, -0.15) is 0 Å². The molecule has 0 aliphatic heterocycles. The number of ether oxygens (including phenoxy) is 2. The molecule has 2 aromatic carbocycles. The molecule has 0 aliphatic carbocycles. The lowest BCUT2D eigenvalue weighted by molar-refractivity contribution is -0.0132. The number of benzene rings is 2. The zero-order valence-corrected chi connectivity index (χ0v) is 12.1. The highest BCUT2D eigenvalue weighted by molar-refractivity contribution is 5.32. The Balaban J connectivity index is 2.18. The molecule has 112 valence electrons. The lowest BCUT2D eigenvalue weighted by atomic mass is 9.98. The minimum Gasteiger partial charge on any atom is -0.494 e. The molecule has 3 nitrogen and oxygen atoms in total. The predicted molar refractivity (Wildman–Crippen MR) is 78.9 cm³/mol. The fourth-order valence-corrected chi connectivity index (χ4v) is 2.36. The van der Waals surface area contributed by atoms with Crippen LogP contribution in [0.15, 0.2) is 48.5 Å². The quantitative estimate of drug-likeness (QED) is 0.888. The van der Waals surface area contributed by atoms with Crippen LogP contribution in [-0.4, -0.2) is 25.4 Å². The van der Waals surface area contributed by atoms with Crippen molar-refractivity contribution < 1.29 is 19.0 Å². The Hall–Kier alpha value is -1.91. The van der Waals surface area contributed by atoms with Gasteiger partial charge in [0.05, 0.1) is 13.2 Å². The molecule has 2 atom stereocenters. The predicted octanol–water partition coefficient (Wildman–Crippen LogP) is 3.13. The summed E-state index contributed by atoms with van der Waals surface area (Å²) in [5.74, 6) is -0.268. The molecule has 0 radical (unpaired) electrons. The molecule has 0 aromatic heterocycles. The van der Waals surface area contributed by atoms with E-state index in [0.717, 1.165) is 5.56 Å². The number of hydrogen-bond acceptors (Lipinski definition) is 3. The van der Waals surface area contributed by atoms with E-state index in [0.29, 0.717) is 5.56 Å². The van der Waals surface area contributed by atoms with Crippen LogP contribution in [0.25, 0.3) is 0 Å². The molecule has 0 fully saturated rings. The fraction of sp³-hybridized carbons (Fsp3) is 0.294. The molecule has 2 rings (SSSR count). The Morgan fingerprint density at radius 3 is 2.38 bits per heavy atom. The number of rotatable bonds is 6. The van der Waals surface area contributed by atoms with Crippen LogP contribution >= 0.6 is 0 Å². The Kier molecular flexibility index (Phi) is 5.31. The molecular weight excluding hydrogens is 271 g/mol. The second-order valence-corrected chi connectivity index (χ2v) is 4.77. The molecule has 0 saturated heterocycles. The van der Waals surface area contributed by atoms with E-state index in [9.17, 15) is 9.50 Å². The highest BCUT2D eigenvalue weighted by Gasteiger charge is 2.22. The van der Waals surface area contributed by atoms with Gasteiger partial charge in [-0.25, -0.2) is 4.39 Å². The molecule has 1 N–H and O–H groups in total. The summed E-state index contributed by atoms with van der Waals surface area (Å²) in [6, 6.07) is 14.3. The zero-order chi connectivity index (χ0) is 15.2. The summed E-state index contributed by atoms with van der Waals surface area (Å²) in [5.41, 5.74) is 1.26. The van der Waals surface area contributed by atoms with E-state index >= 15 is 0 Å². The van der Waals surface area contributed by atoms with Gasteiger partial charge in [-0.15, -0.1) is 0 Å². The third-order valence-corrected chi connectivity index (χ3v) is 3.42. The van der Waals surface area contributed by atoms with Crippen LogP contribution in [0.2, 0.25) is 0 Å². The minimum atomic E-state index is -0.848. The number of aliphatic hydroxyl groups is 1. The van der Waals surface area contributed by atoms with E-state index in [-0.39, 0.29) is 12.2 Å². The number of halogens is 1. The number of aliphatic hydroxyl groups excluding tert-OH is 1. The van der Waals surface area contributed by atoms with Crippen molar-refractivity contribution >= 4 is 0 Å². The van der Waals surface area contributed by atoms with Crippen molar-refractivity contribution in [2.75, 3.05) is 14.2 Å². The second kappa shape index (κ2) is 7.20. The second-order valence-electron chi connectivity index (χ2n) is 4.77. The lowest BCUT2D eigenvalue weighted by Crippen LogP contribution is -2.23. The van der Waals surface area contributed by atoms with Crippen LogP contribution in [0.3, 0.4) is 0 Å². The van der Waals surface area contributed by atoms with Gasteiger partial charge in [0, 0.05) is 13.5 Å². The van der Waals surface area contributed by atoms with Crippen LogP contribution < -0.4 is 4.74 Å². The fourth-order valence-electron chi connectivity index (χ4n) is 2.36. The molecule has 0 spiro atoms. The highest BCUT2D eigenvalue weighted by atomic mass is 19.1. The van der Waals surface area contributed by atoms with Crippen LogP contribution in [0.4, 0.5) is 4.39 Å². The van der Waals surface area contributed by atoms with Crippen molar-refractivity contribution in [3.8, 4) is 5.75 Å². The average Bonchev–Trinajstić information content (AvgIpc) is 2.51. The molecule has 21 heavy (non-hydrogen) atoms. The van der Waals surface area contributed by atoms with E-state index < -0.39 is 18.0 Å². The smallest absolute Gasteiger partial charge is 0.168 e. The third kappa shape index (κ3) is 3.60. The maximum Gasteiger partial charge on any atom is 0.168 e. The Labute approximate surface area is 124 Å². The van der Waals surface area contributed by atoms with Crippen molar-refractivity contribution in [3.05, 3.63) is 65.5 Å². The van der Waals surface area contributed by atoms with Crippen LogP contribution in [0.5, 0.6) is 5.75 Å². The van der Waals surface area contributed by atoms with Gasteiger partial charge >= 0.3 is 0 Å². The maximum absolute atomic E-state index is 14.1. The van der Waals surface area contributed by atoms with Crippen molar-refractivity contribution in [2.24, 2.45) is 0 Å². The summed E-state index contributed by atoms with van der Waals surface area (Å²) in [7, 11) is 2.95. The lowest BCUT2D eigenvalue weighted by Gasteiger charge is -2.22. The van der Waals surface area contributed by atoms with Crippen molar-refractivity contribution in [1.29, 1.82) is 0 Å². The Morgan fingerprint density at radius 1 is 1.05 bits per heavy atom. The summed E-state index contributed by atoms with van der Waals surface area (Å²) in [6.45, 7) is 0. The summed E-state index contributed by atoms with van der Waals surface area (Å²) < 4.78 is 24.4. The Morgan fingerprint density at radius 2 is 1.76 bits per heavy atom. The van der Waals surface area contributed by atoms with Crippen LogP contribution in [0.1, 0.15) is 17.2 Å². The first-order chi connectivity index (χ1) is 10.2. The van der Waals surface area contributed by atoms with Gasteiger partial charge in [-0.05, 0) is 17.2 Å². The van der Waals surface area contributed by atoms with Gasteiger partial charge in [0.25, 0.3) is 0 Å². The maximum atomic E-state index is 14.1. The monoisotopic (exact) mass is 290 g/mol. The average molecular weight is 290 g/mol. The van der Waals surface area contributed by atoms with Gasteiger partial charge in [0.2, 0.25) is 0 Å². The summed E-state index contributed by atoms with van der Waals surface area (Å²) >= 11 is 0. The van der Waals surface area contributed by atoms with E-state index in [1.54, 1.807) is 18.2 Å². The molecule has 0 bridgehead atoms. The van der Waals surface area contributed by atoms with Gasteiger partial charge < -0.3 is 14.6 Å². The van der Waals surface area contributed by atoms with E-state index in [1.807, 2.05) is 30.3 Å². The summed E-state index contributed by atoms with van der Waals surface area (Å²) in [4.78, 5) is 0. The normalized spacial score (nSPS) is 13.7. The summed E-state index contributed by atoms with van der Waals surface area (Å²) in [5, 5.41) is 10.4. The first-order valence-electron chi connectivity index (χ1n) is 6.74. The summed E-state index contributed by atoms with van der Waals surface area (Å²) in [6.07, 6.45) is -1.20. The Bertz CT molecular complexity index is 572. The van der Waals surface area contributed by atoms with Gasteiger partial charge in [0.1, 0.15) is 6.10 Å². The molecule has 0 heterocycles. The molecule has 0 aliphatic rings. The topological polar surface area (TPSA) is 38.7 Å².